The number of aromatic nitrogens is 3. The molecular formula is C25H20F2N4O2S. The number of ketones is 1. The van der Waals surface area contributed by atoms with Gasteiger partial charge in [-0.05, 0) is 67.4 Å². The van der Waals surface area contributed by atoms with Crippen molar-refractivity contribution >= 4 is 34.5 Å². The van der Waals surface area contributed by atoms with Gasteiger partial charge < -0.3 is 9.88 Å². The average molecular weight is 479 g/mol. The number of rotatable bonds is 6. The second-order valence-corrected chi connectivity index (χ2v) is 8.98. The zero-order valence-electron chi connectivity index (χ0n) is 18.0. The summed E-state index contributed by atoms with van der Waals surface area (Å²) in [7, 11) is 0. The van der Waals surface area contributed by atoms with Gasteiger partial charge in [-0.1, -0.05) is 11.8 Å². The summed E-state index contributed by atoms with van der Waals surface area (Å²) in [6.07, 6.45) is 3.13. The molecule has 0 aliphatic carbocycles. The van der Waals surface area contributed by atoms with Crippen molar-refractivity contribution in [1.82, 2.24) is 19.9 Å². The van der Waals surface area contributed by atoms with E-state index in [1.807, 2.05) is 0 Å². The van der Waals surface area contributed by atoms with Crippen LogP contribution < -0.4 is 0 Å². The molecule has 1 aliphatic heterocycles. The van der Waals surface area contributed by atoms with Gasteiger partial charge >= 0.3 is 0 Å². The number of hydrogen-bond donors (Lipinski definition) is 1. The van der Waals surface area contributed by atoms with Gasteiger partial charge in [-0.3, -0.25) is 9.59 Å². The lowest BCUT2D eigenvalue weighted by Gasteiger charge is -2.24. The van der Waals surface area contributed by atoms with Gasteiger partial charge in [0.1, 0.15) is 22.5 Å². The zero-order chi connectivity index (χ0) is 23.7. The number of imidazole rings is 1. The molecule has 172 valence electrons. The number of benzene rings is 2. The number of nitrogens with zero attached hydrogens (tertiary/aromatic N) is 3. The summed E-state index contributed by atoms with van der Waals surface area (Å²) in [4.78, 5) is 39.8. The van der Waals surface area contributed by atoms with E-state index in [-0.39, 0.29) is 29.3 Å². The van der Waals surface area contributed by atoms with Crippen LogP contribution in [0.4, 0.5) is 8.78 Å². The molecule has 1 saturated heterocycles. The van der Waals surface area contributed by atoms with E-state index >= 15 is 0 Å². The number of H-pyrrole nitrogens is 1. The quantitative estimate of drug-likeness (QED) is 0.305. The number of pyridine rings is 1. The minimum Gasteiger partial charge on any atom is -0.340 e. The van der Waals surface area contributed by atoms with E-state index in [2.05, 4.69) is 15.0 Å². The third-order valence-electron chi connectivity index (χ3n) is 5.80. The zero-order valence-corrected chi connectivity index (χ0v) is 18.8. The first-order valence-electron chi connectivity index (χ1n) is 10.8. The van der Waals surface area contributed by atoms with E-state index in [4.69, 9.17) is 0 Å². The summed E-state index contributed by atoms with van der Waals surface area (Å²) in [6, 6.07) is 12.9. The molecule has 1 fully saturated rings. The molecule has 0 bridgehead atoms. The topological polar surface area (TPSA) is 79.0 Å². The van der Waals surface area contributed by atoms with Gasteiger partial charge in [-0.2, -0.15) is 0 Å². The number of halogens is 2. The van der Waals surface area contributed by atoms with E-state index in [0.717, 1.165) is 12.8 Å². The molecule has 1 amide bonds. The van der Waals surface area contributed by atoms with Gasteiger partial charge in [0.05, 0.1) is 28.4 Å². The number of hydrogen-bond acceptors (Lipinski definition) is 5. The van der Waals surface area contributed by atoms with Gasteiger partial charge in [0, 0.05) is 18.3 Å². The fraction of sp³-hybridized carbons (Fsp3) is 0.200. The normalized spacial score (nSPS) is 15.7. The molecule has 1 unspecified atom stereocenters. The van der Waals surface area contributed by atoms with Crippen molar-refractivity contribution in [2.45, 2.75) is 23.9 Å². The highest BCUT2D eigenvalue weighted by Gasteiger charge is 2.34. The van der Waals surface area contributed by atoms with Crippen LogP contribution in [0.2, 0.25) is 0 Å². The van der Waals surface area contributed by atoms with Crippen LogP contribution in [0, 0.1) is 11.6 Å². The molecule has 4 aromatic rings. The number of fused-ring (bicyclic) bond motifs is 1. The molecule has 0 saturated carbocycles. The van der Waals surface area contributed by atoms with Gasteiger partial charge in [0.25, 0.3) is 5.91 Å². The van der Waals surface area contributed by atoms with E-state index in [1.165, 1.54) is 48.2 Å². The second kappa shape index (κ2) is 9.34. The van der Waals surface area contributed by atoms with Crippen LogP contribution in [-0.2, 0) is 0 Å². The summed E-state index contributed by atoms with van der Waals surface area (Å²) in [5.41, 5.74) is 2.05. The van der Waals surface area contributed by atoms with Crippen molar-refractivity contribution in [3.8, 4) is 0 Å². The number of Topliss-reactive ketones (excluding diaryl/α,β-unsaturated/α-hetero) is 1. The Morgan fingerprint density at radius 1 is 1.09 bits per heavy atom. The average Bonchev–Trinajstić information content (AvgIpc) is 3.49. The fourth-order valence-corrected chi connectivity index (χ4v) is 5.01. The Kier molecular flexibility index (Phi) is 6.10. The molecule has 1 atom stereocenters. The van der Waals surface area contributed by atoms with Crippen molar-refractivity contribution in [2.75, 3.05) is 12.3 Å². The molecule has 0 radical (unpaired) electrons. The second-order valence-electron chi connectivity index (χ2n) is 8.01. The maximum Gasteiger partial charge on any atom is 0.257 e. The lowest BCUT2D eigenvalue weighted by atomic mass is 10.1. The largest absolute Gasteiger partial charge is 0.340 e. The number of aromatic amines is 1. The Bertz CT molecular complexity index is 1370. The van der Waals surface area contributed by atoms with Crippen LogP contribution in [0.15, 0.2) is 65.8 Å². The molecule has 3 heterocycles. The Balaban J connectivity index is 1.35. The van der Waals surface area contributed by atoms with Gasteiger partial charge in [0.15, 0.2) is 5.78 Å². The minimum atomic E-state index is -0.406. The van der Waals surface area contributed by atoms with Crippen LogP contribution in [0.5, 0.6) is 0 Å². The van der Waals surface area contributed by atoms with E-state index in [0.29, 0.717) is 39.6 Å². The fourth-order valence-electron chi connectivity index (χ4n) is 4.13. The summed E-state index contributed by atoms with van der Waals surface area (Å²) in [5, 5.41) is 0.459. The molecule has 0 spiro atoms. The number of likely N-dealkylation sites (tertiary alicyclic amines) is 1. The SMILES string of the molecule is O=C(CSc1ncccc1C(=O)N1CCCC1c1nc2ccc(F)cc2[nH]1)c1ccc(F)cc1. The number of amides is 1. The van der Waals surface area contributed by atoms with Crippen LogP contribution in [0.1, 0.15) is 45.4 Å². The molecule has 6 nitrogen and oxygen atoms in total. The Morgan fingerprint density at radius 2 is 1.88 bits per heavy atom. The molecule has 2 aromatic heterocycles. The lowest BCUT2D eigenvalue weighted by Crippen LogP contribution is -2.31. The third-order valence-corrected chi connectivity index (χ3v) is 6.80. The molecule has 5 rings (SSSR count). The summed E-state index contributed by atoms with van der Waals surface area (Å²) >= 11 is 1.18. The summed E-state index contributed by atoms with van der Waals surface area (Å²) < 4.78 is 26.7. The summed E-state index contributed by atoms with van der Waals surface area (Å²) in [6.45, 7) is 0.558. The van der Waals surface area contributed by atoms with Crippen LogP contribution in [0.3, 0.4) is 0 Å². The van der Waals surface area contributed by atoms with Crippen LogP contribution in [0.25, 0.3) is 11.0 Å². The van der Waals surface area contributed by atoms with E-state index < -0.39 is 5.82 Å². The van der Waals surface area contributed by atoms with Gasteiger partial charge in [-0.15, -0.1) is 0 Å². The Hall–Kier alpha value is -3.59. The highest BCUT2D eigenvalue weighted by atomic mass is 32.2. The monoisotopic (exact) mass is 478 g/mol. The lowest BCUT2D eigenvalue weighted by molar-refractivity contribution is 0.0726. The van der Waals surface area contributed by atoms with E-state index in [9.17, 15) is 18.4 Å². The number of carbonyl (C=O) groups is 2. The van der Waals surface area contributed by atoms with Crippen molar-refractivity contribution in [3.05, 3.63) is 89.4 Å². The smallest absolute Gasteiger partial charge is 0.257 e. The maximum absolute atomic E-state index is 13.6. The molecule has 1 aliphatic rings. The predicted molar refractivity (Wildman–Crippen MR) is 125 cm³/mol. The third kappa shape index (κ3) is 4.43. The molecule has 9 heteroatoms. The first-order valence-corrected chi connectivity index (χ1v) is 11.8. The number of nitrogens with one attached hydrogen (secondary N) is 1. The molecular weight excluding hydrogens is 458 g/mol. The van der Waals surface area contributed by atoms with Crippen molar-refractivity contribution < 1.29 is 18.4 Å². The highest BCUT2D eigenvalue weighted by molar-refractivity contribution is 8.00. The van der Waals surface area contributed by atoms with Crippen molar-refractivity contribution in [1.29, 1.82) is 0 Å². The molecule has 2 aromatic carbocycles. The van der Waals surface area contributed by atoms with Gasteiger partial charge in [0.2, 0.25) is 0 Å². The highest BCUT2D eigenvalue weighted by Crippen LogP contribution is 2.34. The molecule has 1 N–H and O–H groups in total. The Morgan fingerprint density at radius 3 is 2.71 bits per heavy atom. The Labute approximate surface area is 198 Å². The summed E-state index contributed by atoms with van der Waals surface area (Å²) in [5.74, 6) is -0.440. The van der Waals surface area contributed by atoms with Crippen molar-refractivity contribution in [2.24, 2.45) is 0 Å². The van der Waals surface area contributed by atoms with Crippen molar-refractivity contribution in [3.63, 3.8) is 0 Å². The number of carbonyl (C=O) groups excluding carboxylic acids is 2. The van der Waals surface area contributed by atoms with E-state index in [1.54, 1.807) is 29.3 Å². The van der Waals surface area contributed by atoms with Crippen LogP contribution >= 0.6 is 11.8 Å². The minimum absolute atomic E-state index is 0.0709. The molecule has 34 heavy (non-hydrogen) atoms. The predicted octanol–water partition coefficient (Wildman–Crippen LogP) is 5.19. The number of thioether (sulfide) groups is 1. The first-order chi connectivity index (χ1) is 16.5. The standard InChI is InChI=1S/C25H20F2N4O2S/c26-16-7-5-15(6-8-16)22(32)14-34-24-18(3-1-11-28-24)25(33)31-12-2-4-21(31)23-29-19-10-9-17(27)13-20(19)30-23/h1,3,5-11,13,21H,2,4,12,14H2,(H,29,30). The maximum atomic E-state index is 13.6. The van der Waals surface area contributed by atoms with Crippen LogP contribution in [-0.4, -0.2) is 43.8 Å². The first kappa shape index (κ1) is 22.2. The van der Waals surface area contributed by atoms with Gasteiger partial charge in [-0.25, -0.2) is 18.7 Å².